The molecule has 0 aromatic heterocycles. The van der Waals surface area contributed by atoms with Gasteiger partial charge in [-0.1, -0.05) is 26.3 Å². The number of carbonyl (C=O) groups is 1. The lowest BCUT2D eigenvalue weighted by Crippen LogP contribution is -2.43. The molecule has 1 atom stereocenters. The zero-order valence-electron chi connectivity index (χ0n) is 12.7. The largest absolute Gasteiger partial charge is 0.493 e. The van der Waals surface area contributed by atoms with Crippen molar-refractivity contribution in [2.75, 3.05) is 18.5 Å². The Balaban J connectivity index is 0.00000220. The van der Waals surface area contributed by atoms with E-state index in [-0.39, 0.29) is 24.4 Å². The first kappa shape index (κ1) is 17.8. The molecule has 0 radical (unpaired) electrons. The van der Waals surface area contributed by atoms with Crippen molar-refractivity contribution in [3.05, 3.63) is 24.3 Å². The van der Waals surface area contributed by atoms with Crippen LogP contribution in [-0.2, 0) is 4.79 Å². The molecule has 0 unspecified atom stereocenters. The molecule has 2 N–H and O–H groups in total. The predicted molar refractivity (Wildman–Crippen MR) is 88.3 cm³/mol. The van der Waals surface area contributed by atoms with Gasteiger partial charge in [0.25, 0.3) is 0 Å². The summed E-state index contributed by atoms with van der Waals surface area (Å²) < 4.78 is 5.67. The first-order valence-electron chi connectivity index (χ1n) is 7.42. The van der Waals surface area contributed by atoms with E-state index in [1.54, 1.807) is 0 Å². The Hall–Kier alpha value is -1.26. The van der Waals surface area contributed by atoms with Gasteiger partial charge in [0.2, 0.25) is 5.91 Å². The maximum Gasteiger partial charge on any atom is 0.241 e. The summed E-state index contributed by atoms with van der Waals surface area (Å²) in [6, 6.07) is 7.52. The van der Waals surface area contributed by atoms with Crippen molar-refractivity contribution in [3.63, 3.8) is 0 Å². The fraction of sp³-hybridized carbons (Fsp3) is 0.562. The second-order valence-electron chi connectivity index (χ2n) is 5.72. The van der Waals surface area contributed by atoms with Crippen LogP contribution in [0.25, 0.3) is 0 Å². The van der Waals surface area contributed by atoms with Crippen LogP contribution in [0.3, 0.4) is 0 Å². The Morgan fingerprint density at radius 2 is 2.24 bits per heavy atom. The average Bonchev–Trinajstić information content (AvgIpc) is 2.46. The minimum atomic E-state index is -0.0658. The summed E-state index contributed by atoms with van der Waals surface area (Å²) >= 11 is 0. The van der Waals surface area contributed by atoms with E-state index in [1.807, 2.05) is 24.3 Å². The monoisotopic (exact) mass is 312 g/mol. The first-order valence-corrected chi connectivity index (χ1v) is 7.42. The molecule has 1 saturated heterocycles. The molecular formula is C16H25ClN2O2. The molecule has 1 aliphatic rings. The number of ether oxygens (including phenoxy) is 1. The van der Waals surface area contributed by atoms with Crippen molar-refractivity contribution >= 4 is 24.0 Å². The molecule has 2 rings (SSSR count). The fourth-order valence-corrected chi connectivity index (χ4v) is 2.23. The average molecular weight is 313 g/mol. The van der Waals surface area contributed by atoms with Crippen LogP contribution < -0.4 is 15.4 Å². The number of rotatable bonds is 5. The molecule has 1 heterocycles. The van der Waals surface area contributed by atoms with Gasteiger partial charge in [-0.15, -0.1) is 12.4 Å². The van der Waals surface area contributed by atoms with Crippen LogP contribution in [0.4, 0.5) is 5.69 Å². The molecule has 0 bridgehead atoms. The number of hydrogen-bond acceptors (Lipinski definition) is 3. The number of piperidine rings is 1. The molecule has 118 valence electrons. The summed E-state index contributed by atoms with van der Waals surface area (Å²) in [5.74, 6) is 1.33. The van der Waals surface area contributed by atoms with Gasteiger partial charge in [-0.2, -0.15) is 0 Å². The Kier molecular flexibility index (Phi) is 7.54. The Morgan fingerprint density at radius 3 is 2.90 bits per heavy atom. The number of benzene rings is 1. The summed E-state index contributed by atoms with van der Waals surface area (Å²) in [7, 11) is 0. The number of amides is 1. The van der Waals surface area contributed by atoms with Gasteiger partial charge in [0.1, 0.15) is 5.75 Å². The second kappa shape index (κ2) is 8.90. The molecule has 0 spiro atoms. The van der Waals surface area contributed by atoms with Gasteiger partial charge in [0.05, 0.1) is 12.6 Å². The van der Waals surface area contributed by atoms with Crippen LogP contribution in [0.5, 0.6) is 5.75 Å². The molecule has 5 heteroatoms. The van der Waals surface area contributed by atoms with E-state index in [0.29, 0.717) is 12.5 Å². The Labute approximate surface area is 133 Å². The highest BCUT2D eigenvalue weighted by Crippen LogP contribution is 2.19. The van der Waals surface area contributed by atoms with Gasteiger partial charge in [-0.25, -0.2) is 0 Å². The minimum Gasteiger partial charge on any atom is -0.493 e. The second-order valence-corrected chi connectivity index (χ2v) is 5.72. The van der Waals surface area contributed by atoms with E-state index in [2.05, 4.69) is 24.5 Å². The number of nitrogens with one attached hydrogen (secondary N) is 2. The van der Waals surface area contributed by atoms with Gasteiger partial charge < -0.3 is 15.4 Å². The quantitative estimate of drug-likeness (QED) is 0.877. The molecule has 1 aromatic carbocycles. The molecule has 1 fully saturated rings. The van der Waals surface area contributed by atoms with Gasteiger partial charge >= 0.3 is 0 Å². The highest BCUT2D eigenvalue weighted by Gasteiger charge is 2.20. The van der Waals surface area contributed by atoms with Crippen molar-refractivity contribution in [2.24, 2.45) is 5.92 Å². The third-order valence-corrected chi connectivity index (χ3v) is 3.31. The van der Waals surface area contributed by atoms with E-state index in [9.17, 15) is 4.79 Å². The summed E-state index contributed by atoms with van der Waals surface area (Å²) in [5.41, 5.74) is 0.795. The summed E-state index contributed by atoms with van der Waals surface area (Å²) in [6.07, 6.45) is 3.18. The maximum absolute atomic E-state index is 12.1. The van der Waals surface area contributed by atoms with Crippen LogP contribution in [0.15, 0.2) is 24.3 Å². The Bertz CT molecular complexity index is 446. The molecule has 1 aromatic rings. The predicted octanol–water partition coefficient (Wildman–Crippen LogP) is 3.22. The smallest absolute Gasteiger partial charge is 0.241 e. The zero-order chi connectivity index (χ0) is 14.4. The molecule has 0 saturated carbocycles. The van der Waals surface area contributed by atoms with Crippen LogP contribution in [0.2, 0.25) is 0 Å². The molecule has 21 heavy (non-hydrogen) atoms. The topological polar surface area (TPSA) is 50.4 Å². The molecule has 1 aliphatic heterocycles. The highest BCUT2D eigenvalue weighted by atomic mass is 35.5. The summed E-state index contributed by atoms with van der Waals surface area (Å²) in [5, 5.41) is 6.21. The first-order chi connectivity index (χ1) is 9.65. The lowest BCUT2D eigenvalue weighted by atomic mass is 10.0. The third kappa shape index (κ3) is 5.94. The van der Waals surface area contributed by atoms with Crippen LogP contribution in [0.1, 0.15) is 33.1 Å². The lowest BCUT2D eigenvalue weighted by Gasteiger charge is -2.22. The van der Waals surface area contributed by atoms with Crippen LogP contribution in [0, 0.1) is 5.92 Å². The normalized spacial score (nSPS) is 18.0. The highest BCUT2D eigenvalue weighted by molar-refractivity contribution is 5.95. The van der Waals surface area contributed by atoms with E-state index in [1.165, 1.54) is 0 Å². The number of carbonyl (C=O) groups excluding carboxylic acids is 1. The molecule has 1 amide bonds. The van der Waals surface area contributed by atoms with Crippen molar-refractivity contribution in [1.82, 2.24) is 5.32 Å². The maximum atomic E-state index is 12.1. The van der Waals surface area contributed by atoms with Crippen molar-refractivity contribution < 1.29 is 9.53 Å². The van der Waals surface area contributed by atoms with Crippen molar-refractivity contribution in [3.8, 4) is 5.75 Å². The zero-order valence-corrected chi connectivity index (χ0v) is 13.5. The standard InChI is InChI=1S/C16H24N2O2.ClH/c1-12(2)11-20-14-7-5-6-13(10-14)18-16(19)15-8-3-4-9-17-15;/h5-7,10,12,15,17H,3-4,8-9,11H2,1-2H3,(H,18,19);1H/t15-;/m1./s1. The van der Waals surface area contributed by atoms with E-state index in [0.717, 1.165) is 37.2 Å². The summed E-state index contributed by atoms with van der Waals surface area (Å²) in [6.45, 7) is 5.83. The Morgan fingerprint density at radius 1 is 1.43 bits per heavy atom. The minimum absolute atomic E-state index is 0. The molecular weight excluding hydrogens is 288 g/mol. The molecule has 4 nitrogen and oxygen atoms in total. The van der Waals surface area contributed by atoms with E-state index < -0.39 is 0 Å². The van der Waals surface area contributed by atoms with Gasteiger partial charge in [0, 0.05) is 11.8 Å². The van der Waals surface area contributed by atoms with Crippen LogP contribution >= 0.6 is 12.4 Å². The number of anilines is 1. The lowest BCUT2D eigenvalue weighted by molar-refractivity contribution is -0.118. The van der Waals surface area contributed by atoms with Crippen molar-refractivity contribution in [1.29, 1.82) is 0 Å². The fourth-order valence-electron chi connectivity index (χ4n) is 2.23. The van der Waals surface area contributed by atoms with Gasteiger partial charge in [0.15, 0.2) is 0 Å². The molecule has 0 aliphatic carbocycles. The van der Waals surface area contributed by atoms with E-state index >= 15 is 0 Å². The summed E-state index contributed by atoms with van der Waals surface area (Å²) in [4.78, 5) is 12.1. The number of hydrogen-bond donors (Lipinski definition) is 2. The van der Waals surface area contributed by atoms with Gasteiger partial charge in [-0.3, -0.25) is 4.79 Å². The van der Waals surface area contributed by atoms with Crippen molar-refractivity contribution in [2.45, 2.75) is 39.2 Å². The SMILES string of the molecule is CC(C)COc1cccc(NC(=O)[C@H]2CCCCN2)c1.Cl. The van der Waals surface area contributed by atoms with Gasteiger partial charge in [-0.05, 0) is 37.4 Å². The third-order valence-electron chi connectivity index (χ3n) is 3.31. The van der Waals surface area contributed by atoms with E-state index in [4.69, 9.17) is 4.74 Å². The van der Waals surface area contributed by atoms with Crippen LogP contribution in [-0.4, -0.2) is 25.1 Å². The number of halogens is 1.